The molecule has 2 aromatic heterocycles. The van der Waals surface area contributed by atoms with E-state index >= 15 is 0 Å². The lowest BCUT2D eigenvalue weighted by Crippen LogP contribution is -2.13. The number of hydrogen-bond acceptors (Lipinski definition) is 3. The summed E-state index contributed by atoms with van der Waals surface area (Å²) in [6.07, 6.45) is 1.10. The average Bonchev–Trinajstić information content (AvgIpc) is 3.19. The summed E-state index contributed by atoms with van der Waals surface area (Å²) in [5, 5.41) is 3.91. The Hall–Kier alpha value is -2.98. The molecule has 4 rings (SSSR count). The number of pyridine rings is 1. The van der Waals surface area contributed by atoms with Crippen LogP contribution < -0.4 is 5.32 Å². The zero-order valence-corrected chi connectivity index (χ0v) is 17.7. The molecule has 3 nitrogen and oxygen atoms in total. The van der Waals surface area contributed by atoms with Gasteiger partial charge in [0.2, 0.25) is 0 Å². The fourth-order valence-electron chi connectivity index (χ4n) is 3.39. The van der Waals surface area contributed by atoms with Crippen LogP contribution in [0.25, 0.3) is 21.5 Å². The highest BCUT2D eigenvalue weighted by molar-refractivity contribution is 7.15. The van der Waals surface area contributed by atoms with Crippen molar-refractivity contribution in [3.8, 4) is 10.6 Å². The van der Waals surface area contributed by atoms with E-state index < -0.39 is 0 Å². The summed E-state index contributed by atoms with van der Waals surface area (Å²) in [4.78, 5) is 20.2. The Bertz CT molecular complexity index is 1160. The van der Waals surface area contributed by atoms with E-state index in [1.54, 1.807) is 11.3 Å². The fourth-order valence-corrected chi connectivity index (χ4v) is 4.22. The molecule has 0 bridgehead atoms. The molecule has 0 aliphatic rings. The Morgan fingerprint density at radius 1 is 1.07 bits per heavy atom. The van der Waals surface area contributed by atoms with Gasteiger partial charge < -0.3 is 5.32 Å². The first kappa shape index (κ1) is 19.3. The predicted molar refractivity (Wildman–Crippen MR) is 123 cm³/mol. The molecule has 4 heteroatoms. The molecule has 1 N–H and O–H groups in total. The number of nitrogens with one attached hydrogen (secondary N) is 1. The lowest BCUT2D eigenvalue weighted by atomic mass is 9.98. The molecule has 146 valence electrons. The van der Waals surface area contributed by atoms with Gasteiger partial charge in [-0.2, -0.15) is 0 Å². The first-order valence-corrected chi connectivity index (χ1v) is 10.7. The van der Waals surface area contributed by atoms with Crippen LogP contribution in [-0.4, -0.2) is 10.9 Å². The second-order valence-electron chi connectivity index (χ2n) is 7.37. The van der Waals surface area contributed by atoms with Crippen molar-refractivity contribution in [2.24, 2.45) is 0 Å². The van der Waals surface area contributed by atoms with Gasteiger partial charge in [0, 0.05) is 16.0 Å². The van der Waals surface area contributed by atoms with Crippen molar-refractivity contribution in [1.29, 1.82) is 0 Å². The SMILES string of the molecule is CC[C@H](C)c1ccc(NC(=O)c2cc(-c3ccc(C)s3)nc3ccccc23)cc1. The molecule has 1 amide bonds. The summed E-state index contributed by atoms with van der Waals surface area (Å²) in [6, 6.07) is 22.0. The van der Waals surface area contributed by atoms with Crippen molar-refractivity contribution < 1.29 is 4.79 Å². The second kappa shape index (κ2) is 8.18. The number of nitrogens with zero attached hydrogens (tertiary/aromatic N) is 1. The topological polar surface area (TPSA) is 42.0 Å². The molecule has 4 aromatic rings. The smallest absolute Gasteiger partial charge is 0.256 e. The van der Waals surface area contributed by atoms with E-state index in [1.165, 1.54) is 10.4 Å². The van der Waals surface area contributed by atoms with Crippen LogP contribution in [0.5, 0.6) is 0 Å². The third-order valence-corrected chi connectivity index (χ3v) is 6.33. The summed E-state index contributed by atoms with van der Waals surface area (Å²) in [5.74, 6) is 0.398. The Morgan fingerprint density at radius 2 is 1.83 bits per heavy atom. The zero-order valence-electron chi connectivity index (χ0n) is 16.9. The molecular formula is C25H24N2OS. The minimum atomic E-state index is -0.116. The fraction of sp³-hybridized carbons (Fsp3) is 0.200. The maximum absolute atomic E-state index is 13.2. The third-order valence-electron chi connectivity index (χ3n) is 5.30. The van der Waals surface area contributed by atoms with Gasteiger partial charge in [-0.25, -0.2) is 4.98 Å². The molecule has 2 heterocycles. The highest BCUT2D eigenvalue weighted by atomic mass is 32.1. The molecule has 0 radical (unpaired) electrons. The summed E-state index contributed by atoms with van der Waals surface area (Å²) in [5.41, 5.74) is 4.39. The number of fused-ring (bicyclic) bond motifs is 1. The average molecular weight is 401 g/mol. The Balaban J connectivity index is 1.69. The molecule has 0 fully saturated rings. The molecule has 0 saturated carbocycles. The van der Waals surface area contributed by atoms with Gasteiger partial charge >= 0.3 is 0 Å². The lowest BCUT2D eigenvalue weighted by Gasteiger charge is -2.12. The summed E-state index contributed by atoms with van der Waals surface area (Å²) in [7, 11) is 0. The van der Waals surface area contributed by atoms with Gasteiger partial charge in [0.05, 0.1) is 21.7 Å². The first-order chi connectivity index (χ1) is 14.0. The van der Waals surface area contributed by atoms with Crippen LogP contribution >= 0.6 is 11.3 Å². The van der Waals surface area contributed by atoms with Crippen LogP contribution in [0.4, 0.5) is 5.69 Å². The van der Waals surface area contributed by atoms with E-state index in [2.05, 4.69) is 50.4 Å². The number of carbonyl (C=O) groups excluding carboxylic acids is 1. The van der Waals surface area contributed by atoms with E-state index in [-0.39, 0.29) is 5.91 Å². The van der Waals surface area contributed by atoms with E-state index in [4.69, 9.17) is 4.98 Å². The van der Waals surface area contributed by atoms with Crippen molar-refractivity contribution in [3.05, 3.63) is 82.7 Å². The molecule has 2 aromatic carbocycles. The van der Waals surface area contributed by atoms with E-state index in [0.29, 0.717) is 11.5 Å². The lowest BCUT2D eigenvalue weighted by molar-refractivity contribution is 0.102. The molecule has 29 heavy (non-hydrogen) atoms. The molecule has 0 unspecified atom stereocenters. The number of para-hydroxylation sites is 1. The Morgan fingerprint density at radius 3 is 2.52 bits per heavy atom. The van der Waals surface area contributed by atoms with Gasteiger partial charge in [-0.15, -0.1) is 11.3 Å². The first-order valence-electron chi connectivity index (χ1n) is 9.93. The maximum Gasteiger partial charge on any atom is 0.256 e. The van der Waals surface area contributed by atoms with Gasteiger partial charge in [-0.1, -0.05) is 44.2 Å². The van der Waals surface area contributed by atoms with Crippen LogP contribution in [0.3, 0.4) is 0 Å². The van der Waals surface area contributed by atoms with Crippen LogP contribution in [0.15, 0.2) is 66.7 Å². The maximum atomic E-state index is 13.2. The van der Waals surface area contributed by atoms with Crippen molar-refractivity contribution in [2.75, 3.05) is 5.32 Å². The van der Waals surface area contributed by atoms with E-state index in [9.17, 15) is 4.79 Å². The number of rotatable bonds is 5. The Kier molecular flexibility index (Phi) is 5.45. The number of aryl methyl sites for hydroxylation is 1. The van der Waals surface area contributed by atoms with Crippen molar-refractivity contribution in [3.63, 3.8) is 0 Å². The molecule has 0 spiro atoms. The van der Waals surface area contributed by atoms with E-state index in [1.807, 2.05) is 42.5 Å². The van der Waals surface area contributed by atoms with Gasteiger partial charge in [-0.3, -0.25) is 4.79 Å². The predicted octanol–water partition coefficient (Wildman–Crippen LogP) is 7.04. The van der Waals surface area contributed by atoms with Crippen LogP contribution in [0.2, 0.25) is 0 Å². The number of hydrogen-bond donors (Lipinski definition) is 1. The van der Waals surface area contributed by atoms with Crippen molar-refractivity contribution >= 4 is 33.8 Å². The van der Waals surface area contributed by atoms with Gasteiger partial charge in [-0.05, 0) is 61.2 Å². The number of carbonyl (C=O) groups is 1. The van der Waals surface area contributed by atoms with Crippen molar-refractivity contribution in [2.45, 2.75) is 33.1 Å². The minimum absolute atomic E-state index is 0.116. The molecule has 0 saturated heterocycles. The minimum Gasteiger partial charge on any atom is -0.322 e. The molecule has 0 aliphatic heterocycles. The number of amides is 1. The van der Waals surface area contributed by atoms with Crippen LogP contribution in [0.1, 0.15) is 47.0 Å². The number of anilines is 1. The summed E-state index contributed by atoms with van der Waals surface area (Å²) < 4.78 is 0. The Labute approximate surface area is 175 Å². The summed E-state index contributed by atoms with van der Waals surface area (Å²) >= 11 is 1.69. The van der Waals surface area contributed by atoms with E-state index in [0.717, 1.165) is 33.6 Å². The quantitative estimate of drug-likeness (QED) is 0.390. The number of aromatic nitrogens is 1. The molecule has 1 atom stereocenters. The molecule has 0 aliphatic carbocycles. The number of thiophene rings is 1. The second-order valence-corrected chi connectivity index (χ2v) is 8.66. The largest absolute Gasteiger partial charge is 0.322 e. The van der Waals surface area contributed by atoms with Crippen LogP contribution in [-0.2, 0) is 0 Å². The highest BCUT2D eigenvalue weighted by Crippen LogP contribution is 2.30. The van der Waals surface area contributed by atoms with Gasteiger partial charge in [0.25, 0.3) is 5.91 Å². The standard InChI is InChI=1S/C25H24N2OS/c1-4-16(2)18-10-12-19(13-11-18)26-25(28)21-15-23(24-14-9-17(3)29-24)27-22-8-6-5-7-20(21)22/h5-16H,4H2,1-3H3,(H,26,28)/t16-/m0/s1. The molecular weight excluding hydrogens is 376 g/mol. The van der Waals surface area contributed by atoms with Gasteiger partial charge in [0.1, 0.15) is 0 Å². The summed E-state index contributed by atoms with van der Waals surface area (Å²) in [6.45, 7) is 6.47. The monoisotopic (exact) mass is 400 g/mol. The third kappa shape index (κ3) is 4.08. The number of benzene rings is 2. The normalized spacial score (nSPS) is 12.1. The zero-order chi connectivity index (χ0) is 20.4. The van der Waals surface area contributed by atoms with Crippen molar-refractivity contribution in [1.82, 2.24) is 4.98 Å². The van der Waals surface area contributed by atoms with Crippen LogP contribution in [0, 0.1) is 6.92 Å². The highest BCUT2D eigenvalue weighted by Gasteiger charge is 2.15. The van der Waals surface area contributed by atoms with Gasteiger partial charge in [0.15, 0.2) is 0 Å².